The molecule has 0 spiro atoms. The molecule has 1 aliphatic heterocycles. The summed E-state index contributed by atoms with van der Waals surface area (Å²) >= 11 is 2.07. The molecular weight excluding hydrogens is 194 g/mol. The fraction of sp³-hybridized carbons (Fsp3) is 1.00. The average Bonchev–Trinajstić information content (AvgIpc) is 2.18. The van der Waals surface area contributed by atoms with Crippen LogP contribution in [0.15, 0.2) is 0 Å². The topological polar surface area (TPSA) is 21.3 Å². The predicted octanol–water partition coefficient (Wildman–Crippen LogP) is 2.14. The van der Waals surface area contributed by atoms with E-state index in [0.29, 0.717) is 11.3 Å². The van der Waals surface area contributed by atoms with Crippen molar-refractivity contribution >= 4 is 11.8 Å². The highest BCUT2D eigenvalue weighted by Gasteiger charge is 2.27. The molecule has 14 heavy (non-hydrogen) atoms. The second-order valence-corrected chi connectivity index (χ2v) is 6.00. The zero-order valence-corrected chi connectivity index (χ0v) is 10.6. The van der Waals surface area contributed by atoms with E-state index >= 15 is 0 Å². The molecule has 1 rings (SSSR count). The highest BCUT2D eigenvalue weighted by Crippen LogP contribution is 2.28. The lowest BCUT2D eigenvalue weighted by Gasteiger charge is -2.33. The highest BCUT2D eigenvalue weighted by molar-refractivity contribution is 8.00. The van der Waals surface area contributed by atoms with Crippen molar-refractivity contribution in [3.63, 3.8) is 0 Å². The van der Waals surface area contributed by atoms with Gasteiger partial charge in [-0.25, -0.2) is 0 Å². The number of nitrogens with one attached hydrogen (secondary N) is 1. The first-order valence-electron chi connectivity index (χ1n) is 5.55. The van der Waals surface area contributed by atoms with Gasteiger partial charge in [0.25, 0.3) is 0 Å². The van der Waals surface area contributed by atoms with Gasteiger partial charge in [0.15, 0.2) is 0 Å². The van der Waals surface area contributed by atoms with Crippen LogP contribution in [0.25, 0.3) is 0 Å². The van der Waals surface area contributed by atoms with Gasteiger partial charge >= 0.3 is 0 Å². The maximum atomic E-state index is 5.53. The van der Waals surface area contributed by atoms with Gasteiger partial charge in [-0.2, -0.15) is 11.8 Å². The Morgan fingerprint density at radius 1 is 1.36 bits per heavy atom. The van der Waals surface area contributed by atoms with Crippen molar-refractivity contribution in [1.29, 1.82) is 0 Å². The SMILES string of the molecule is CNC1CCOCC1SC(C)C(C)C. The molecule has 0 aliphatic carbocycles. The van der Waals surface area contributed by atoms with E-state index in [4.69, 9.17) is 4.74 Å². The molecule has 1 fully saturated rings. The molecule has 3 heteroatoms. The minimum Gasteiger partial charge on any atom is -0.380 e. The Kier molecular flexibility index (Phi) is 5.28. The quantitative estimate of drug-likeness (QED) is 0.779. The number of ether oxygens (including phenoxy) is 1. The Bertz CT molecular complexity index is 163. The van der Waals surface area contributed by atoms with Gasteiger partial charge in [0.1, 0.15) is 0 Å². The molecule has 0 amide bonds. The molecule has 0 aromatic rings. The lowest BCUT2D eigenvalue weighted by atomic mass is 10.1. The van der Waals surface area contributed by atoms with Gasteiger partial charge in [-0.15, -0.1) is 0 Å². The molecule has 2 nitrogen and oxygen atoms in total. The molecule has 1 aliphatic rings. The summed E-state index contributed by atoms with van der Waals surface area (Å²) in [5.41, 5.74) is 0. The van der Waals surface area contributed by atoms with Crippen molar-refractivity contribution in [2.45, 2.75) is 43.7 Å². The molecule has 0 bridgehead atoms. The van der Waals surface area contributed by atoms with Crippen LogP contribution >= 0.6 is 11.8 Å². The first kappa shape index (κ1) is 12.3. The second-order valence-electron chi connectivity index (χ2n) is 4.38. The number of hydrogen-bond donors (Lipinski definition) is 1. The van der Waals surface area contributed by atoms with E-state index < -0.39 is 0 Å². The van der Waals surface area contributed by atoms with Gasteiger partial charge in [0.05, 0.1) is 6.61 Å². The molecule has 0 radical (unpaired) electrons. The van der Waals surface area contributed by atoms with Gasteiger partial charge in [-0.05, 0) is 19.4 Å². The van der Waals surface area contributed by atoms with Crippen LogP contribution in [0.5, 0.6) is 0 Å². The summed E-state index contributed by atoms with van der Waals surface area (Å²) in [6.45, 7) is 8.72. The third-order valence-corrected chi connectivity index (χ3v) is 4.79. The van der Waals surface area contributed by atoms with Crippen molar-refractivity contribution in [2.24, 2.45) is 5.92 Å². The van der Waals surface area contributed by atoms with Crippen molar-refractivity contribution in [3.05, 3.63) is 0 Å². The third-order valence-electron chi connectivity index (χ3n) is 3.00. The van der Waals surface area contributed by atoms with Crippen LogP contribution in [0.3, 0.4) is 0 Å². The summed E-state index contributed by atoms with van der Waals surface area (Å²) < 4.78 is 5.53. The lowest BCUT2D eigenvalue weighted by Crippen LogP contribution is -2.44. The maximum Gasteiger partial charge on any atom is 0.0600 e. The number of hydrogen-bond acceptors (Lipinski definition) is 3. The van der Waals surface area contributed by atoms with E-state index in [1.165, 1.54) is 0 Å². The first-order valence-corrected chi connectivity index (χ1v) is 6.50. The number of thioether (sulfide) groups is 1. The fourth-order valence-corrected chi connectivity index (χ4v) is 3.11. The smallest absolute Gasteiger partial charge is 0.0600 e. The molecule has 3 unspecified atom stereocenters. The van der Waals surface area contributed by atoms with E-state index in [0.717, 1.165) is 30.8 Å². The van der Waals surface area contributed by atoms with Crippen molar-refractivity contribution in [3.8, 4) is 0 Å². The fourth-order valence-electron chi connectivity index (χ4n) is 1.61. The second kappa shape index (κ2) is 5.99. The number of rotatable bonds is 4. The Morgan fingerprint density at radius 3 is 2.64 bits per heavy atom. The van der Waals surface area contributed by atoms with E-state index in [1.807, 2.05) is 0 Å². The lowest BCUT2D eigenvalue weighted by molar-refractivity contribution is 0.0849. The molecule has 1 heterocycles. The standard InChI is InChI=1S/C11H23NOS/c1-8(2)9(3)14-11-7-13-6-5-10(11)12-4/h8-12H,5-7H2,1-4H3. The van der Waals surface area contributed by atoms with Crippen molar-refractivity contribution in [2.75, 3.05) is 20.3 Å². The third kappa shape index (κ3) is 3.44. The molecule has 1 N–H and O–H groups in total. The van der Waals surface area contributed by atoms with Crippen LogP contribution in [-0.2, 0) is 4.74 Å². The monoisotopic (exact) mass is 217 g/mol. The van der Waals surface area contributed by atoms with Crippen LogP contribution in [-0.4, -0.2) is 36.8 Å². The minimum absolute atomic E-state index is 0.631. The molecule has 84 valence electrons. The van der Waals surface area contributed by atoms with Crippen LogP contribution in [0.1, 0.15) is 27.2 Å². The summed E-state index contributed by atoms with van der Waals surface area (Å²) in [6, 6.07) is 0.634. The molecule has 3 atom stereocenters. The van der Waals surface area contributed by atoms with Crippen LogP contribution in [0.2, 0.25) is 0 Å². The maximum absolute atomic E-state index is 5.53. The van der Waals surface area contributed by atoms with E-state index in [9.17, 15) is 0 Å². The zero-order chi connectivity index (χ0) is 10.6. The van der Waals surface area contributed by atoms with E-state index in [-0.39, 0.29) is 0 Å². The first-order chi connectivity index (χ1) is 6.65. The summed E-state index contributed by atoms with van der Waals surface area (Å²) in [7, 11) is 2.06. The van der Waals surface area contributed by atoms with Crippen molar-refractivity contribution < 1.29 is 4.74 Å². The summed E-state index contributed by atoms with van der Waals surface area (Å²) in [5, 5.41) is 4.75. The Hall–Kier alpha value is 0.270. The molecule has 0 aromatic heterocycles. The zero-order valence-electron chi connectivity index (χ0n) is 9.75. The molecule has 0 saturated carbocycles. The normalized spacial score (nSPS) is 30.6. The molecule has 1 saturated heterocycles. The van der Waals surface area contributed by atoms with E-state index in [1.54, 1.807) is 0 Å². The van der Waals surface area contributed by atoms with Crippen LogP contribution in [0.4, 0.5) is 0 Å². The highest BCUT2D eigenvalue weighted by atomic mass is 32.2. The van der Waals surface area contributed by atoms with Gasteiger partial charge in [0.2, 0.25) is 0 Å². The van der Waals surface area contributed by atoms with Gasteiger partial charge in [-0.1, -0.05) is 20.8 Å². The Balaban J connectivity index is 2.40. The molecular formula is C11H23NOS. The van der Waals surface area contributed by atoms with Gasteiger partial charge < -0.3 is 10.1 Å². The van der Waals surface area contributed by atoms with Gasteiger partial charge in [0, 0.05) is 23.1 Å². The minimum atomic E-state index is 0.631. The summed E-state index contributed by atoms with van der Waals surface area (Å²) in [4.78, 5) is 0. The summed E-state index contributed by atoms with van der Waals surface area (Å²) in [5.74, 6) is 0.749. The Morgan fingerprint density at radius 2 is 2.07 bits per heavy atom. The predicted molar refractivity (Wildman–Crippen MR) is 64.0 cm³/mol. The van der Waals surface area contributed by atoms with Gasteiger partial charge in [-0.3, -0.25) is 0 Å². The van der Waals surface area contributed by atoms with Crippen LogP contribution < -0.4 is 5.32 Å². The largest absolute Gasteiger partial charge is 0.380 e. The Labute approximate surface area is 92.2 Å². The molecule has 0 aromatic carbocycles. The summed E-state index contributed by atoms with van der Waals surface area (Å²) in [6.07, 6.45) is 1.15. The van der Waals surface area contributed by atoms with Crippen molar-refractivity contribution in [1.82, 2.24) is 5.32 Å². The average molecular weight is 217 g/mol. The van der Waals surface area contributed by atoms with Crippen LogP contribution in [0, 0.1) is 5.92 Å². The van der Waals surface area contributed by atoms with E-state index in [2.05, 4.69) is 44.9 Å².